The van der Waals surface area contributed by atoms with Crippen LogP contribution in [-0.4, -0.2) is 4.98 Å². The van der Waals surface area contributed by atoms with Gasteiger partial charge >= 0.3 is 0 Å². The smallest absolute Gasteiger partial charge is 0.101 e. The molecule has 4 heteroatoms. The Morgan fingerprint density at radius 2 is 2.06 bits per heavy atom. The standard InChI is InChI=1S/C14H15ClN2S/c1-2-12(16)11-5-3-4-6-13(11)18-14-8-7-10(15)9-17-14/h3-9,12H,2,16H2,1H3/t12-/m1/s1. The molecule has 94 valence electrons. The van der Waals surface area contributed by atoms with Crippen molar-refractivity contribution >= 4 is 23.4 Å². The normalized spacial score (nSPS) is 12.4. The van der Waals surface area contributed by atoms with Crippen LogP contribution in [0.5, 0.6) is 0 Å². The van der Waals surface area contributed by atoms with E-state index < -0.39 is 0 Å². The lowest BCUT2D eigenvalue weighted by atomic mass is 10.1. The number of nitrogens with zero attached hydrogens (tertiary/aromatic N) is 1. The van der Waals surface area contributed by atoms with E-state index in [1.54, 1.807) is 18.0 Å². The monoisotopic (exact) mass is 278 g/mol. The highest BCUT2D eigenvalue weighted by atomic mass is 35.5. The summed E-state index contributed by atoms with van der Waals surface area (Å²) in [6.45, 7) is 2.09. The first-order valence-electron chi connectivity index (χ1n) is 5.84. The highest BCUT2D eigenvalue weighted by Gasteiger charge is 2.10. The summed E-state index contributed by atoms with van der Waals surface area (Å²) in [5.41, 5.74) is 7.29. The molecule has 0 aliphatic carbocycles. The molecule has 1 aromatic heterocycles. The van der Waals surface area contributed by atoms with Gasteiger partial charge in [0.15, 0.2) is 0 Å². The Balaban J connectivity index is 2.26. The fourth-order valence-corrected chi connectivity index (χ4v) is 2.70. The third kappa shape index (κ3) is 3.25. The molecule has 0 radical (unpaired) electrons. The lowest BCUT2D eigenvalue weighted by Crippen LogP contribution is -2.09. The second-order valence-electron chi connectivity index (χ2n) is 3.97. The average Bonchev–Trinajstić information content (AvgIpc) is 2.41. The first-order valence-corrected chi connectivity index (χ1v) is 7.04. The van der Waals surface area contributed by atoms with Gasteiger partial charge in [-0.2, -0.15) is 0 Å². The van der Waals surface area contributed by atoms with Crippen LogP contribution in [0.25, 0.3) is 0 Å². The number of aromatic nitrogens is 1. The molecule has 2 rings (SSSR count). The van der Waals surface area contributed by atoms with Crippen LogP contribution in [0.4, 0.5) is 0 Å². The molecular formula is C14H15ClN2S. The van der Waals surface area contributed by atoms with Crippen LogP contribution in [0.15, 0.2) is 52.5 Å². The summed E-state index contributed by atoms with van der Waals surface area (Å²) >= 11 is 7.44. The van der Waals surface area contributed by atoms with E-state index in [1.165, 1.54) is 5.56 Å². The Bertz CT molecular complexity index is 513. The molecule has 0 aliphatic heterocycles. The van der Waals surface area contributed by atoms with Gasteiger partial charge in [-0.3, -0.25) is 0 Å². The minimum atomic E-state index is 0.0704. The molecule has 0 unspecified atom stereocenters. The molecule has 2 aromatic rings. The number of halogens is 1. The Morgan fingerprint density at radius 3 is 2.72 bits per heavy atom. The molecule has 0 fully saturated rings. The highest BCUT2D eigenvalue weighted by molar-refractivity contribution is 7.99. The van der Waals surface area contributed by atoms with E-state index in [9.17, 15) is 0 Å². The van der Waals surface area contributed by atoms with Crippen molar-refractivity contribution in [1.82, 2.24) is 4.98 Å². The second kappa shape index (κ2) is 6.23. The average molecular weight is 279 g/mol. The van der Waals surface area contributed by atoms with Gasteiger partial charge in [0.1, 0.15) is 5.03 Å². The summed E-state index contributed by atoms with van der Waals surface area (Å²) in [7, 11) is 0. The van der Waals surface area contributed by atoms with Gasteiger partial charge in [-0.25, -0.2) is 4.98 Å². The minimum absolute atomic E-state index is 0.0704. The van der Waals surface area contributed by atoms with Gasteiger partial charge in [0.2, 0.25) is 0 Å². The Hall–Kier alpha value is -1.03. The van der Waals surface area contributed by atoms with Crippen LogP contribution in [0, 0.1) is 0 Å². The Morgan fingerprint density at radius 1 is 1.28 bits per heavy atom. The maximum Gasteiger partial charge on any atom is 0.101 e. The summed E-state index contributed by atoms with van der Waals surface area (Å²) < 4.78 is 0. The van der Waals surface area contributed by atoms with Crippen molar-refractivity contribution in [1.29, 1.82) is 0 Å². The zero-order valence-corrected chi connectivity index (χ0v) is 11.7. The molecule has 18 heavy (non-hydrogen) atoms. The van der Waals surface area contributed by atoms with Crippen LogP contribution < -0.4 is 5.73 Å². The number of hydrogen-bond donors (Lipinski definition) is 1. The van der Waals surface area contributed by atoms with Gasteiger partial charge in [-0.15, -0.1) is 0 Å². The minimum Gasteiger partial charge on any atom is -0.324 e. The quantitative estimate of drug-likeness (QED) is 0.906. The lowest BCUT2D eigenvalue weighted by Gasteiger charge is -2.13. The number of nitrogens with two attached hydrogens (primary N) is 1. The summed E-state index contributed by atoms with van der Waals surface area (Å²) in [5.74, 6) is 0. The van der Waals surface area contributed by atoms with E-state index in [1.807, 2.05) is 24.3 Å². The molecule has 2 nitrogen and oxygen atoms in total. The van der Waals surface area contributed by atoms with Gasteiger partial charge in [0, 0.05) is 17.1 Å². The van der Waals surface area contributed by atoms with E-state index in [4.69, 9.17) is 17.3 Å². The van der Waals surface area contributed by atoms with Crippen molar-refractivity contribution in [2.24, 2.45) is 5.73 Å². The van der Waals surface area contributed by atoms with Gasteiger partial charge in [0.25, 0.3) is 0 Å². The second-order valence-corrected chi connectivity index (χ2v) is 5.47. The fourth-order valence-electron chi connectivity index (χ4n) is 1.63. The van der Waals surface area contributed by atoms with Crippen molar-refractivity contribution < 1.29 is 0 Å². The molecule has 2 N–H and O–H groups in total. The van der Waals surface area contributed by atoms with Crippen molar-refractivity contribution in [3.8, 4) is 0 Å². The predicted molar refractivity (Wildman–Crippen MR) is 77.0 cm³/mol. The van der Waals surface area contributed by atoms with Crippen LogP contribution in [0.3, 0.4) is 0 Å². The van der Waals surface area contributed by atoms with E-state index in [2.05, 4.69) is 24.0 Å². The molecule has 1 heterocycles. The third-order valence-corrected chi connectivity index (χ3v) is 3.94. The largest absolute Gasteiger partial charge is 0.324 e. The number of benzene rings is 1. The maximum absolute atomic E-state index is 6.12. The van der Waals surface area contributed by atoms with E-state index in [-0.39, 0.29) is 6.04 Å². The van der Waals surface area contributed by atoms with Crippen molar-refractivity contribution in [2.45, 2.75) is 29.3 Å². The third-order valence-electron chi connectivity index (χ3n) is 2.67. The molecule has 0 saturated heterocycles. The molecule has 0 bridgehead atoms. The lowest BCUT2D eigenvalue weighted by molar-refractivity contribution is 0.685. The molecule has 0 saturated carbocycles. The Labute approximate surface area is 117 Å². The van der Waals surface area contributed by atoms with Crippen LogP contribution >= 0.6 is 23.4 Å². The summed E-state index contributed by atoms with van der Waals surface area (Å²) in [6, 6.07) is 12.0. The van der Waals surface area contributed by atoms with E-state index in [0.717, 1.165) is 16.3 Å². The topological polar surface area (TPSA) is 38.9 Å². The summed E-state index contributed by atoms with van der Waals surface area (Å²) in [4.78, 5) is 5.44. The van der Waals surface area contributed by atoms with Crippen molar-refractivity contribution in [2.75, 3.05) is 0 Å². The predicted octanol–water partition coefficient (Wildman–Crippen LogP) is 4.30. The van der Waals surface area contributed by atoms with Crippen LogP contribution in [-0.2, 0) is 0 Å². The zero-order chi connectivity index (χ0) is 13.0. The summed E-state index contributed by atoms with van der Waals surface area (Å²) in [5, 5.41) is 1.58. The maximum atomic E-state index is 6.12. The highest BCUT2D eigenvalue weighted by Crippen LogP contribution is 2.32. The first-order chi connectivity index (χ1) is 8.70. The van der Waals surface area contributed by atoms with E-state index >= 15 is 0 Å². The van der Waals surface area contributed by atoms with Gasteiger partial charge in [0.05, 0.1) is 5.02 Å². The van der Waals surface area contributed by atoms with Crippen molar-refractivity contribution in [3.05, 3.63) is 53.2 Å². The number of pyridine rings is 1. The molecule has 1 aromatic carbocycles. The molecule has 1 atom stereocenters. The van der Waals surface area contributed by atoms with Gasteiger partial charge in [-0.1, -0.05) is 48.5 Å². The van der Waals surface area contributed by atoms with Crippen LogP contribution in [0.1, 0.15) is 24.9 Å². The molecule has 0 spiro atoms. The SMILES string of the molecule is CC[C@@H](N)c1ccccc1Sc1ccc(Cl)cn1. The van der Waals surface area contributed by atoms with Crippen molar-refractivity contribution in [3.63, 3.8) is 0 Å². The number of rotatable bonds is 4. The number of hydrogen-bond acceptors (Lipinski definition) is 3. The molecular weight excluding hydrogens is 264 g/mol. The molecule has 0 aliphatic rings. The summed E-state index contributed by atoms with van der Waals surface area (Å²) in [6.07, 6.45) is 2.58. The Kier molecular flexibility index (Phi) is 4.64. The first kappa shape index (κ1) is 13.4. The van der Waals surface area contributed by atoms with E-state index in [0.29, 0.717) is 5.02 Å². The molecule has 0 amide bonds. The zero-order valence-electron chi connectivity index (χ0n) is 10.1. The van der Waals surface area contributed by atoms with Crippen LogP contribution in [0.2, 0.25) is 5.02 Å². The van der Waals surface area contributed by atoms with Gasteiger partial charge in [-0.05, 0) is 30.2 Å². The fraction of sp³-hybridized carbons (Fsp3) is 0.214. The van der Waals surface area contributed by atoms with Gasteiger partial charge < -0.3 is 5.73 Å².